The average molecular weight is 441 g/mol. The van der Waals surface area contributed by atoms with Crippen molar-refractivity contribution in [2.75, 3.05) is 0 Å². The lowest BCUT2D eigenvalue weighted by atomic mass is 9.91. The molecular formula is C29H19N3O2. The van der Waals surface area contributed by atoms with Crippen LogP contribution in [0, 0.1) is 11.8 Å². The topological polar surface area (TPSA) is 67.2 Å². The summed E-state index contributed by atoms with van der Waals surface area (Å²) in [6.45, 7) is 0.241. The van der Waals surface area contributed by atoms with Crippen molar-refractivity contribution in [1.82, 2.24) is 9.55 Å². The highest BCUT2D eigenvalue weighted by Gasteiger charge is 2.29. The standard InChI is InChI=1S/C29H19N3O2/c33-28-24(18-20-10-6-16-30-20)27-19(8-5-14-25(27)31-28)9-7-17-32-26-15-4-3-12-22(26)21-11-1-2-13-23(21)29(32)34/h1-6,8,10-13,15-16,18,30H,14,17H2. The fourth-order valence-corrected chi connectivity index (χ4v) is 4.62. The zero-order chi connectivity index (χ0) is 23.1. The number of nitrogens with zero attached hydrogens (tertiary/aromatic N) is 2. The van der Waals surface area contributed by atoms with Crippen LogP contribution in [0.5, 0.6) is 0 Å². The Morgan fingerprint density at radius 1 is 0.971 bits per heavy atom. The number of H-pyrrole nitrogens is 1. The lowest BCUT2D eigenvalue weighted by Crippen LogP contribution is -2.20. The van der Waals surface area contributed by atoms with Crippen LogP contribution < -0.4 is 5.56 Å². The summed E-state index contributed by atoms with van der Waals surface area (Å²) in [5.74, 6) is 6.14. The van der Waals surface area contributed by atoms with E-state index in [-0.39, 0.29) is 18.0 Å². The zero-order valence-corrected chi connectivity index (χ0v) is 18.2. The number of hydrogen-bond donors (Lipinski definition) is 1. The number of nitrogens with one attached hydrogen (secondary N) is 1. The molecule has 0 fully saturated rings. The van der Waals surface area contributed by atoms with Crippen LogP contribution >= 0.6 is 0 Å². The van der Waals surface area contributed by atoms with Crippen molar-refractivity contribution >= 4 is 39.4 Å². The molecule has 6 rings (SSSR count). The number of para-hydroxylation sites is 1. The molecular weight excluding hydrogens is 422 g/mol. The maximum absolute atomic E-state index is 13.3. The predicted molar refractivity (Wildman–Crippen MR) is 135 cm³/mol. The normalized spacial score (nSPS) is 16.2. The van der Waals surface area contributed by atoms with Gasteiger partial charge in [-0.1, -0.05) is 54.3 Å². The quantitative estimate of drug-likeness (QED) is 0.276. The molecule has 1 amide bonds. The molecule has 1 aliphatic heterocycles. The third-order valence-corrected chi connectivity index (χ3v) is 6.16. The second-order valence-electron chi connectivity index (χ2n) is 8.20. The molecule has 5 nitrogen and oxygen atoms in total. The van der Waals surface area contributed by atoms with Crippen LogP contribution in [0.1, 0.15) is 12.1 Å². The highest BCUT2D eigenvalue weighted by molar-refractivity contribution is 6.27. The molecule has 1 aliphatic carbocycles. The molecule has 34 heavy (non-hydrogen) atoms. The van der Waals surface area contributed by atoms with Crippen molar-refractivity contribution < 1.29 is 4.79 Å². The van der Waals surface area contributed by atoms with Crippen molar-refractivity contribution in [3.63, 3.8) is 0 Å². The van der Waals surface area contributed by atoms with Gasteiger partial charge < -0.3 is 4.98 Å². The number of allylic oxidation sites excluding steroid dienone is 3. The van der Waals surface area contributed by atoms with Crippen LogP contribution in [0.15, 0.2) is 106 Å². The highest BCUT2D eigenvalue weighted by atomic mass is 16.1. The second-order valence-corrected chi connectivity index (χ2v) is 8.20. The predicted octanol–water partition coefficient (Wildman–Crippen LogP) is 4.81. The van der Waals surface area contributed by atoms with Crippen LogP contribution in [0.2, 0.25) is 0 Å². The number of aromatic amines is 1. The molecule has 0 bridgehead atoms. The van der Waals surface area contributed by atoms with Crippen LogP contribution in [0.4, 0.5) is 0 Å². The maximum atomic E-state index is 13.3. The summed E-state index contributed by atoms with van der Waals surface area (Å²) in [5, 5.41) is 2.64. The summed E-state index contributed by atoms with van der Waals surface area (Å²) in [6, 6.07) is 19.3. The van der Waals surface area contributed by atoms with E-state index in [1.807, 2.05) is 85.1 Å². The van der Waals surface area contributed by atoms with E-state index in [4.69, 9.17) is 0 Å². The highest BCUT2D eigenvalue weighted by Crippen LogP contribution is 2.31. The van der Waals surface area contributed by atoms with Gasteiger partial charge in [0.1, 0.15) is 0 Å². The van der Waals surface area contributed by atoms with Crippen molar-refractivity contribution in [3.8, 4) is 11.8 Å². The number of amides is 1. The smallest absolute Gasteiger partial charge is 0.278 e. The molecule has 3 heterocycles. The van der Waals surface area contributed by atoms with E-state index < -0.39 is 0 Å². The van der Waals surface area contributed by atoms with Gasteiger partial charge in [0.15, 0.2) is 0 Å². The van der Waals surface area contributed by atoms with Gasteiger partial charge in [-0.15, -0.1) is 0 Å². The number of pyridine rings is 1. The molecule has 2 aromatic carbocycles. The van der Waals surface area contributed by atoms with Crippen LogP contribution in [0.25, 0.3) is 27.8 Å². The SMILES string of the molecule is O=C1N=C2CC=CC(C#CCn3c(=O)c4ccccc4c4ccccc43)=C2C1=Cc1ccc[nH]1. The van der Waals surface area contributed by atoms with Crippen molar-refractivity contribution in [2.45, 2.75) is 13.0 Å². The Morgan fingerprint density at radius 2 is 1.76 bits per heavy atom. The summed E-state index contributed by atoms with van der Waals surface area (Å²) in [6.07, 6.45) is 8.13. The van der Waals surface area contributed by atoms with Gasteiger partial charge in [0.05, 0.1) is 23.3 Å². The van der Waals surface area contributed by atoms with Gasteiger partial charge in [0.25, 0.3) is 11.5 Å². The Bertz CT molecular complexity index is 1730. The average Bonchev–Trinajstić information content (AvgIpc) is 3.49. The van der Waals surface area contributed by atoms with E-state index >= 15 is 0 Å². The van der Waals surface area contributed by atoms with Crippen molar-refractivity contribution in [2.24, 2.45) is 4.99 Å². The largest absolute Gasteiger partial charge is 0.362 e. The van der Waals surface area contributed by atoms with Gasteiger partial charge >= 0.3 is 0 Å². The number of rotatable bonds is 2. The van der Waals surface area contributed by atoms with Crippen molar-refractivity contribution in [3.05, 3.63) is 112 Å². The summed E-state index contributed by atoms with van der Waals surface area (Å²) in [4.78, 5) is 33.2. The van der Waals surface area contributed by atoms with Gasteiger partial charge in [-0.25, -0.2) is 4.99 Å². The third kappa shape index (κ3) is 3.25. The molecule has 5 heteroatoms. The summed E-state index contributed by atoms with van der Waals surface area (Å²) >= 11 is 0. The Morgan fingerprint density at radius 3 is 2.59 bits per heavy atom. The van der Waals surface area contributed by atoms with E-state index in [1.165, 1.54) is 0 Å². The molecule has 2 aromatic heterocycles. The molecule has 0 unspecified atom stereocenters. The van der Waals surface area contributed by atoms with Crippen LogP contribution in [-0.2, 0) is 11.3 Å². The first kappa shape index (κ1) is 20.0. The third-order valence-electron chi connectivity index (χ3n) is 6.16. The Hall–Kier alpha value is -4.69. The molecule has 1 N–H and O–H groups in total. The Balaban J connectivity index is 1.45. The number of aromatic nitrogens is 2. The number of hydrogen-bond acceptors (Lipinski definition) is 2. The Kier molecular flexibility index (Phi) is 4.71. The van der Waals surface area contributed by atoms with Gasteiger partial charge in [-0.3, -0.25) is 14.2 Å². The monoisotopic (exact) mass is 441 g/mol. The lowest BCUT2D eigenvalue weighted by Gasteiger charge is -2.11. The van der Waals surface area contributed by atoms with E-state index in [2.05, 4.69) is 21.8 Å². The molecule has 2 aliphatic rings. The first-order chi connectivity index (χ1) is 16.7. The van der Waals surface area contributed by atoms with Gasteiger partial charge in [0.2, 0.25) is 0 Å². The van der Waals surface area contributed by atoms with E-state index in [9.17, 15) is 9.59 Å². The summed E-state index contributed by atoms with van der Waals surface area (Å²) in [7, 11) is 0. The molecule has 0 radical (unpaired) electrons. The van der Waals surface area contributed by atoms with Crippen LogP contribution in [0.3, 0.4) is 0 Å². The maximum Gasteiger partial charge on any atom is 0.278 e. The van der Waals surface area contributed by atoms with E-state index in [0.717, 1.165) is 38.8 Å². The van der Waals surface area contributed by atoms with Gasteiger partial charge in [-0.2, -0.15) is 0 Å². The fourth-order valence-electron chi connectivity index (χ4n) is 4.62. The number of benzene rings is 2. The molecule has 0 saturated heterocycles. The van der Waals surface area contributed by atoms with Crippen LogP contribution in [-0.4, -0.2) is 21.2 Å². The molecule has 4 aromatic rings. The first-order valence-corrected chi connectivity index (χ1v) is 11.1. The fraction of sp³-hybridized carbons (Fsp3) is 0.0690. The van der Waals surface area contributed by atoms with Gasteiger partial charge in [0, 0.05) is 40.2 Å². The minimum atomic E-state index is -0.251. The van der Waals surface area contributed by atoms with Gasteiger partial charge in [-0.05, 0) is 41.8 Å². The Labute approximate surface area is 195 Å². The molecule has 0 saturated carbocycles. The second kappa shape index (κ2) is 8.02. The number of fused-ring (bicyclic) bond motifs is 4. The minimum absolute atomic E-state index is 0.0638. The van der Waals surface area contributed by atoms with E-state index in [1.54, 1.807) is 4.57 Å². The minimum Gasteiger partial charge on any atom is -0.362 e. The number of aliphatic imine (C=N–C) groups is 1. The summed E-state index contributed by atoms with van der Waals surface area (Å²) < 4.78 is 1.72. The zero-order valence-electron chi connectivity index (χ0n) is 18.2. The summed E-state index contributed by atoms with van der Waals surface area (Å²) in [5.41, 5.74) is 4.43. The molecule has 0 atom stereocenters. The number of carbonyl (C=O) groups excluding carboxylic acids is 1. The van der Waals surface area contributed by atoms with Crippen molar-refractivity contribution in [1.29, 1.82) is 0 Å². The molecule has 162 valence electrons. The lowest BCUT2D eigenvalue weighted by molar-refractivity contribution is -0.113. The number of carbonyl (C=O) groups is 1. The van der Waals surface area contributed by atoms with E-state index in [0.29, 0.717) is 17.4 Å². The molecule has 0 spiro atoms. The first-order valence-electron chi connectivity index (χ1n) is 11.1.